The Kier molecular flexibility index (Phi) is 5.00. The van der Waals surface area contributed by atoms with Crippen LogP contribution in [0.1, 0.15) is 26.8 Å². The van der Waals surface area contributed by atoms with Crippen LogP contribution >= 0.6 is 12.2 Å². The molecule has 0 spiro atoms. The number of imidazole rings is 1. The van der Waals surface area contributed by atoms with Crippen molar-refractivity contribution in [3.8, 4) is 5.75 Å². The molecule has 0 aliphatic rings. The van der Waals surface area contributed by atoms with Crippen molar-refractivity contribution in [3.05, 3.63) is 22.7 Å². The predicted octanol–water partition coefficient (Wildman–Crippen LogP) is 3.75. The molecule has 1 aromatic carbocycles. The number of ether oxygens (including phenoxy) is 1. The van der Waals surface area contributed by atoms with Crippen LogP contribution in [-0.2, 0) is 0 Å². The second-order valence-corrected chi connectivity index (χ2v) is 5.53. The predicted molar refractivity (Wildman–Crippen MR) is 86.1 cm³/mol. The molecular formula is C15H22FN3OS. The normalized spacial score (nSPS) is 13.0. The molecule has 0 bridgehead atoms. The number of benzene rings is 1. The molecule has 1 atom stereocenters. The third kappa shape index (κ3) is 3.11. The number of likely N-dealkylation sites (N-methyl/N-ethyl adjacent to an activating group) is 1. The monoisotopic (exact) mass is 311 g/mol. The van der Waals surface area contributed by atoms with Gasteiger partial charge in [0.15, 0.2) is 16.3 Å². The highest BCUT2D eigenvalue weighted by atomic mass is 32.1. The molecule has 1 unspecified atom stereocenters. The SMILES string of the molecule is CCN(CC)CC(C)n1c(=S)[nH]c2cc(F)c(OC)cc21. The lowest BCUT2D eigenvalue weighted by Crippen LogP contribution is -2.29. The maximum absolute atomic E-state index is 13.8. The highest BCUT2D eigenvalue weighted by molar-refractivity contribution is 7.71. The minimum Gasteiger partial charge on any atom is -0.494 e. The van der Waals surface area contributed by atoms with Crippen molar-refractivity contribution in [1.29, 1.82) is 0 Å². The first-order valence-corrected chi connectivity index (χ1v) is 7.62. The minimum atomic E-state index is -0.384. The summed E-state index contributed by atoms with van der Waals surface area (Å²) in [6.07, 6.45) is 0. The lowest BCUT2D eigenvalue weighted by molar-refractivity contribution is 0.262. The van der Waals surface area contributed by atoms with Crippen LogP contribution in [0.2, 0.25) is 0 Å². The molecule has 2 aromatic rings. The van der Waals surface area contributed by atoms with E-state index in [1.54, 1.807) is 6.07 Å². The molecule has 4 nitrogen and oxygen atoms in total. The first-order chi connectivity index (χ1) is 10.0. The number of hydrogen-bond acceptors (Lipinski definition) is 3. The summed E-state index contributed by atoms with van der Waals surface area (Å²) >= 11 is 5.40. The summed E-state index contributed by atoms with van der Waals surface area (Å²) in [7, 11) is 1.47. The van der Waals surface area contributed by atoms with Crippen LogP contribution in [-0.4, -0.2) is 41.2 Å². The van der Waals surface area contributed by atoms with Gasteiger partial charge in [-0.2, -0.15) is 0 Å². The van der Waals surface area contributed by atoms with Gasteiger partial charge in [0.2, 0.25) is 0 Å². The Bertz CT molecular complexity index is 675. The van der Waals surface area contributed by atoms with E-state index in [0.717, 1.165) is 25.2 Å². The van der Waals surface area contributed by atoms with E-state index in [1.807, 2.05) is 4.57 Å². The van der Waals surface area contributed by atoms with E-state index in [9.17, 15) is 4.39 Å². The third-order valence-corrected chi connectivity index (χ3v) is 4.15. The molecule has 0 aliphatic heterocycles. The van der Waals surface area contributed by atoms with Crippen molar-refractivity contribution in [3.63, 3.8) is 0 Å². The summed E-state index contributed by atoms with van der Waals surface area (Å²) in [6, 6.07) is 3.33. The molecule has 1 N–H and O–H groups in total. The molecule has 116 valence electrons. The fourth-order valence-corrected chi connectivity index (χ4v) is 3.05. The van der Waals surface area contributed by atoms with Gasteiger partial charge < -0.3 is 19.2 Å². The summed E-state index contributed by atoms with van der Waals surface area (Å²) in [5.74, 6) is -0.148. The molecule has 0 amide bonds. The second-order valence-electron chi connectivity index (χ2n) is 5.14. The van der Waals surface area contributed by atoms with Crippen LogP contribution in [0.15, 0.2) is 12.1 Å². The molecule has 0 saturated carbocycles. The lowest BCUT2D eigenvalue weighted by Gasteiger charge is -2.24. The highest BCUT2D eigenvalue weighted by Crippen LogP contribution is 2.27. The van der Waals surface area contributed by atoms with Crippen molar-refractivity contribution >= 4 is 23.3 Å². The number of hydrogen-bond donors (Lipinski definition) is 1. The number of aromatic nitrogens is 2. The van der Waals surface area contributed by atoms with Crippen LogP contribution in [0.25, 0.3) is 11.0 Å². The number of methoxy groups -OCH3 is 1. The fraction of sp³-hybridized carbons (Fsp3) is 0.533. The molecule has 0 radical (unpaired) electrons. The largest absolute Gasteiger partial charge is 0.494 e. The molecule has 0 saturated heterocycles. The Labute approximate surface area is 129 Å². The van der Waals surface area contributed by atoms with Gasteiger partial charge in [-0.05, 0) is 32.2 Å². The van der Waals surface area contributed by atoms with E-state index in [1.165, 1.54) is 13.2 Å². The number of halogens is 1. The Morgan fingerprint density at radius 1 is 1.38 bits per heavy atom. The summed E-state index contributed by atoms with van der Waals surface area (Å²) in [4.78, 5) is 5.41. The molecule has 0 aliphatic carbocycles. The number of fused-ring (bicyclic) bond motifs is 1. The lowest BCUT2D eigenvalue weighted by atomic mass is 10.2. The molecule has 6 heteroatoms. The highest BCUT2D eigenvalue weighted by Gasteiger charge is 2.16. The Morgan fingerprint density at radius 2 is 2.05 bits per heavy atom. The van der Waals surface area contributed by atoms with Crippen molar-refractivity contribution in [2.24, 2.45) is 0 Å². The smallest absolute Gasteiger partial charge is 0.178 e. The Hall–Kier alpha value is -1.40. The van der Waals surface area contributed by atoms with Gasteiger partial charge in [0, 0.05) is 24.7 Å². The average Bonchev–Trinajstić information content (AvgIpc) is 2.78. The molecule has 0 fully saturated rings. The number of nitrogens with one attached hydrogen (secondary N) is 1. The maximum Gasteiger partial charge on any atom is 0.178 e. The Morgan fingerprint density at radius 3 is 2.62 bits per heavy atom. The first-order valence-electron chi connectivity index (χ1n) is 7.21. The second kappa shape index (κ2) is 6.58. The topological polar surface area (TPSA) is 33.2 Å². The fourth-order valence-electron chi connectivity index (χ4n) is 2.66. The number of aromatic amines is 1. The first kappa shape index (κ1) is 16.0. The van der Waals surface area contributed by atoms with Crippen LogP contribution < -0.4 is 4.74 Å². The van der Waals surface area contributed by atoms with E-state index in [4.69, 9.17) is 17.0 Å². The van der Waals surface area contributed by atoms with Gasteiger partial charge in [0.1, 0.15) is 0 Å². The molecule has 2 rings (SSSR count). The minimum absolute atomic E-state index is 0.196. The van der Waals surface area contributed by atoms with Crippen molar-refractivity contribution in [1.82, 2.24) is 14.5 Å². The van der Waals surface area contributed by atoms with Gasteiger partial charge in [-0.25, -0.2) is 4.39 Å². The molecule has 21 heavy (non-hydrogen) atoms. The summed E-state index contributed by atoms with van der Waals surface area (Å²) < 4.78 is 21.5. The van der Waals surface area contributed by atoms with Crippen molar-refractivity contribution in [2.45, 2.75) is 26.8 Å². The Balaban J connectivity index is 2.47. The summed E-state index contributed by atoms with van der Waals surface area (Å²) in [6.45, 7) is 9.29. The quantitative estimate of drug-likeness (QED) is 0.825. The zero-order valence-corrected chi connectivity index (χ0v) is 13.8. The number of rotatable bonds is 6. The number of nitrogens with zero attached hydrogens (tertiary/aromatic N) is 2. The van der Waals surface area contributed by atoms with E-state index >= 15 is 0 Å². The van der Waals surface area contributed by atoms with Gasteiger partial charge in [0.05, 0.1) is 18.1 Å². The van der Waals surface area contributed by atoms with Crippen LogP contribution in [0.5, 0.6) is 5.75 Å². The van der Waals surface area contributed by atoms with E-state index in [0.29, 0.717) is 10.3 Å². The van der Waals surface area contributed by atoms with Crippen molar-refractivity contribution in [2.75, 3.05) is 26.7 Å². The van der Waals surface area contributed by atoms with Crippen LogP contribution in [0, 0.1) is 10.6 Å². The van der Waals surface area contributed by atoms with Gasteiger partial charge in [-0.1, -0.05) is 13.8 Å². The van der Waals surface area contributed by atoms with Gasteiger partial charge >= 0.3 is 0 Å². The van der Waals surface area contributed by atoms with E-state index < -0.39 is 0 Å². The van der Waals surface area contributed by atoms with Crippen molar-refractivity contribution < 1.29 is 9.13 Å². The van der Waals surface area contributed by atoms with Crippen LogP contribution in [0.4, 0.5) is 4.39 Å². The van der Waals surface area contributed by atoms with Crippen LogP contribution in [0.3, 0.4) is 0 Å². The maximum atomic E-state index is 13.8. The molecule has 1 aromatic heterocycles. The molecule has 1 heterocycles. The summed E-state index contributed by atoms with van der Waals surface area (Å²) in [5, 5.41) is 0. The average molecular weight is 311 g/mol. The van der Waals surface area contributed by atoms with E-state index in [2.05, 4.69) is 30.7 Å². The molecular weight excluding hydrogens is 289 g/mol. The van der Waals surface area contributed by atoms with E-state index in [-0.39, 0.29) is 17.6 Å². The van der Waals surface area contributed by atoms with Gasteiger partial charge in [-0.3, -0.25) is 0 Å². The number of H-pyrrole nitrogens is 1. The zero-order valence-electron chi connectivity index (χ0n) is 12.9. The third-order valence-electron chi connectivity index (χ3n) is 3.85. The summed E-state index contributed by atoms with van der Waals surface area (Å²) in [5.41, 5.74) is 1.57. The van der Waals surface area contributed by atoms with Gasteiger partial charge in [0.25, 0.3) is 0 Å². The zero-order chi connectivity index (χ0) is 15.6. The standard InChI is InChI=1S/C15H22FN3OS/c1-5-18(6-2)9-10(3)19-13-8-14(20-4)11(16)7-12(13)17-15(19)21/h7-8,10H,5-6,9H2,1-4H3,(H,17,21). The van der Waals surface area contributed by atoms with Gasteiger partial charge in [-0.15, -0.1) is 0 Å².